The van der Waals surface area contributed by atoms with Crippen molar-refractivity contribution in [2.24, 2.45) is 0 Å². The Kier molecular flexibility index (Phi) is 3.25. The van der Waals surface area contributed by atoms with E-state index in [0.717, 1.165) is 48.0 Å². The van der Waals surface area contributed by atoms with Gasteiger partial charge in [0, 0.05) is 43.8 Å². The Balaban J connectivity index is 2.05. The number of benzene rings is 1. The van der Waals surface area contributed by atoms with E-state index >= 15 is 0 Å². The second kappa shape index (κ2) is 4.78. The van der Waals surface area contributed by atoms with Crippen molar-refractivity contribution in [2.75, 3.05) is 38.1 Å². The van der Waals surface area contributed by atoms with Crippen molar-refractivity contribution in [3.63, 3.8) is 0 Å². The number of piperazine rings is 1. The first-order valence-electron chi connectivity index (χ1n) is 6.62. The zero-order chi connectivity index (χ0) is 13.6. The van der Waals surface area contributed by atoms with Crippen LogP contribution in [0, 0.1) is 6.92 Å². The Labute approximate surface area is 118 Å². The fourth-order valence-electron chi connectivity index (χ4n) is 3.08. The molecule has 0 radical (unpaired) electrons. The van der Waals surface area contributed by atoms with Crippen molar-refractivity contribution >= 4 is 23.2 Å². The molecule has 5 heteroatoms. The molecule has 0 saturated carbocycles. The van der Waals surface area contributed by atoms with Crippen molar-refractivity contribution in [2.45, 2.75) is 13.0 Å². The zero-order valence-electron chi connectivity index (χ0n) is 11.2. The Morgan fingerprint density at radius 2 is 2.00 bits per heavy atom. The van der Waals surface area contributed by atoms with Gasteiger partial charge in [0.05, 0.1) is 5.69 Å². The smallest absolute Gasteiger partial charge is 0.248 e. The van der Waals surface area contributed by atoms with Crippen LogP contribution < -0.4 is 10.2 Å². The van der Waals surface area contributed by atoms with Gasteiger partial charge in [0.25, 0.3) is 0 Å². The molecule has 1 fully saturated rings. The number of likely N-dealkylation sites (N-methyl/N-ethyl adjacent to an activating group) is 1. The van der Waals surface area contributed by atoms with Gasteiger partial charge in [-0.25, -0.2) is 0 Å². The molecule has 0 spiro atoms. The third kappa shape index (κ3) is 1.95. The van der Waals surface area contributed by atoms with Crippen LogP contribution in [0.25, 0.3) is 0 Å². The van der Waals surface area contributed by atoms with Gasteiger partial charge in [-0.2, -0.15) is 0 Å². The maximum absolute atomic E-state index is 12.5. The molecule has 1 unspecified atom stereocenters. The molecule has 2 heterocycles. The summed E-state index contributed by atoms with van der Waals surface area (Å²) in [6.07, 6.45) is 0. The first-order chi connectivity index (χ1) is 9.11. The minimum Gasteiger partial charge on any atom is -0.314 e. The lowest BCUT2D eigenvalue weighted by Crippen LogP contribution is -2.47. The van der Waals surface area contributed by atoms with Crippen molar-refractivity contribution in [1.29, 1.82) is 0 Å². The Bertz CT molecular complexity index is 526. The Morgan fingerprint density at radius 1 is 1.32 bits per heavy atom. The van der Waals surface area contributed by atoms with E-state index in [-0.39, 0.29) is 11.9 Å². The summed E-state index contributed by atoms with van der Waals surface area (Å²) >= 11 is 6.18. The van der Waals surface area contributed by atoms with Gasteiger partial charge in [-0.05, 0) is 18.6 Å². The largest absolute Gasteiger partial charge is 0.314 e. The summed E-state index contributed by atoms with van der Waals surface area (Å²) in [5, 5.41) is 4.04. The molecular formula is C14H18ClN3O. The molecule has 2 aliphatic rings. The maximum Gasteiger partial charge on any atom is 0.248 e. The highest BCUT2D eigenvalue weighted by molar-refractivity contribution is 6.32. The number of nitrogens with one attached hydrogen (secondary N) is 1. The van der Waals surface area contributed by atoms with Crippen LogP contribution >= 0.6 is 11.6 Å². The molecule has 1 N–H and O–H groups in total. The van der Waals surface area contributed by atoms with Crippen LogP contribution in [0.5, 0.6) is 0 Å². The molecule has 102 valence electrons. The first-order valence-corrected chi connectivity index (χ1v) is 7.00. The second-order valence-electron chi connectivity index (χ2n) is 5.20. The summed E-state index contributed by atoms with van der Waals surface area (Å²) in [6, 6.07) is 3.76. The second-order valence-corrected chi connectivity index (χ2v) is 5.60. The molecule has 0 aliphatic carbocycles. The molecule has 19 heavy (non-hydrogen) atoms. The van der Waals surface area contributed by atoms with E-state index < -0.39 is 0 Å². The number of rotatable bonds is 1. The minimum absolute atomic E-state index is 0.141. The van der Waals surface area contributed by atoms with E-state index in [4.69, 9.17) is 11.6 Å². The molecule has 1 atom stereocenters. The van der Waals surface area contributed by atoms with Crippen LogP contribution in [-0.2, 0) is 4.79 Å². The number of halogens is 1. The normalized spacial score (nSPS) is 23.8. The highest BCUT2D eigenvalue weighted by Crippen LogP contribution is 2.42. The Morgan fingerprint density at radius 3 is 2.68 bits per heavy atom. The molecule has 1 amide bonds. The summed E-state index contributed by atoms with van der Waals surface area (Å²) < 4.78 is 0. The number of carbonyl (C=O) groups excluding carboxylic acids is 1. The van der Waals surface area contributed by atoms with E-state index in [1.807, 2.05) is 26.1 Å². The van der Waals surface area contributed by atoms with E-state index in [1.165, 1.54) is 0 Å². The van der Waals surface area contributed by atoms with E-state index in [1.54, 1.807) is 4.90 Å². The van der Waals surface area contributed by atoms with Crippen LogP contribution in [0.3, 0.4) is 0 Å². The quantitative estimate of drug-likeness (QED) is 0.848. The van der Waals surface area contributed by atoms with Crippen LogP contribution in [0.15, 0.2) is 12.1 Å². The minimum atomic E-state index is -0.141. The number of hydrogen-bond acceptors (Lipinski definition) is 3. The fourth-order valence-corrected chi connectivity index (χ4v) is 3.23. The zero-order valence-corrected chi connectivity index (χ0v) is 12.0. The van der Waals surface area contributed by atoms with Gasteiger partial charge in [-0.3, -0.25) is 9.69 Å². The number of carbonyl (C=O) groups is 1. The summed E-state index contributed by atoms with van der Waals surface area (Å²) in [7, 11) is 1.84. The van der Waals surface area contributed by atoms with E-state index in [2.05, 4.69) is 10.2 Å². The average Bonchev–Trinajstić information content (AvgIpc) is 2.68. The van der Waals surface area contributed by atoms with Gasteiger partial charge in [-0.1, -0.05) is 17.7 Å². The van der Waals surface area contributed by atoms with Gasteiger partial charge in [-0.15, -0.1) is 0 Å². The molecular weight excluding hydrogens is 262 g/mol. The van der Waals surface area contributed by atoms with Crippen molar-refractivity contribution in [1.82, 2.24) is 10.2 Å². The molecule has 1 aromatic rings. The van der Waals surface area contributed by atoms with Gasteiger partial charge >= 0.3 is 0 Å². The van der Waals surface area contributed by atoms with Gasteiger partial charge in [0.2, 0.25) is 5.91 Å². The predicted molar refractivity (Wildman–Crippen MR) is 76.8 cm³/mol. The molecule has 4 nitrogen and oxygen atoms in total. The summed E-state index contributed by atoms with van der Waals surface area (Å²) in [4.78, 5) is 16.6. The Hall–Kier alpha value is -1.10. The molecule has 1 saturated heterocycles. The monoisotopic (exact) mass is 279 g/mol. The van der Waals surface area contributed by atoms with E-state index in [0.29, 0.717) is 0 Å². The van der Waals surface area contributed by atoms with Crippen molar-refractivity contribution in [3.05, 3.63) is 28.3 Å². The third-order valence-electron chi connectivity index (χ3n) is 4.11. The van der Waals surface area contributed by atoms with E-state index in [9.17, 15) is 4.79 Å². The fraction of sp³-hybridized carbons (Fsp3) is 0.500. The predicted octanol–water partition coefficient (Wildman–Crippen LogP) is 1.57. The van der Waals surface area contributed by atoms with Crippen molar-refractivity contribution in [3.8, 4) is 0 Å². The third-order valence-corrected chi connectivity index (χ3v) is 4.52. The average molecular weight is 280 g/mol. The number of nitrogens with zero attached hydrogens (tertiary/aromatic N) is 2. The van der Waals surface area contributed by atoms with Gasteiger partial charge < -0.3 is 10.2 Å². The van der Waals surface area contributed by atoms with Gasteiger partial charge in [0.1, 0.15) is 6.04 Å². The highest BCUT2D eigenvalue weighted by Gasteiger charge is 2.40. The first kappa shape index (κ1) is 12.9. The summed E-state index contributed by atoms with van der Waals surface area (Å²) in [5.74, 6) is 0.155. The van der Waals surface area contributed by atoms with Crippen LogP contribution in [0.2, 0.25) is 5.02 Å². The lowest BCUT2D eigenvalue weighted by atomic mass is 10.0. The topological polar surface area (TPSA) is 35.6 Å². The SMILES string of the molecule is Cc1c(Cl)ccc2c1N(C)C(=O)C2N1CCNCC1. The standard InChI is InChI=1S/C14H18ClN3O/c1-9-11(15)4-3-10-12(9)17(2)14(19)13(10)18-7-5-16-6-8-18/h3-4,13,16H,5-8H2,1-2H3. The number of amides is 1. The molecule has 2 aliphatic heterocycles. The van der Waals surface area contributed by atoms with Crippen LogP contribution in [0.4, 0.5) is 5.69 Å². The summed E-state index contributed by atoms with van der Waals surface area (Å²) in [5.41, 5.74) is 3.07. The number of fused-ring (bicyclic) bond motifs is 1. The lowest BCUT2D eigenvalue weighted by molar-refractivity contribution is -0.123. The van der Waals surface area contributed by atoms with Gasteiger partial charge in [0.15, 0.2) is 0 Å². The van der Waals surface area contributed by atoms with Crippen LogP contribution in [0.1, 0.15) is 17.2 Å². The molecule has 3 rings (SSSR count). The molecule has 0 aromatic heterocycles. The lowest BCUT2D eigenvalue weighted by Gasteiger charge is -2.31. The number of anilines is 1. The maximum atomic E-state index is 12.5. The number of hydrogen-bond donors (Lipinski definition) is 1. The van der Waals surface area contributed by atoms with Crippen molar-refractivity contribution < 1.29 is 4.79 Å². The molecule has 0 bridgehead atoms. The summed E-state index contributed by atoms with van der Waals surface area (Å²) in [6.45, 7) is 5.67. The highest BCUT2D eigenvalue weighted by atomic mass is 35.5. The molecule has 1 aromatic carbocycles. The van der Waals surface area contributed by atoms with Crippen LogP contribution in [-0.4, -0.2) is 44.0 Å².